The van der Waals surface area contributed by atoms with Gasteiger partial charge in [-0.05, 0) is 35.9 Å². The van der Waals surface area contributed by atoms with Crippen molar-refractivity contribution in [2.45, 2.75) is 25.9 Å². The maximum atomic E-state index is 13.6. The first-order valence-electron chi connectivity index (χ1n) is 11.6. The van der Waals surface area contributed by atoms with Gasteiger partial charge in [-0.1, -0.05) is 66.7 Å². The van der Waals surface area contributed by atoms with E-state index in [1.54, 1.807) is 0 Å². The van der Waals surface area contributed by atoms with E-state index in [1.807, 2.05) is 70.6 Å². The van der Waals surface area contributed by atoms with Gasteiger partial charge in [-0.3, -0.25) is 14.5 Å². The van der Waals surface area contributed by atoms with E-state index < -0.39 is 0 Å². The van der Waals surface area contributed by atoms with E-state index in [1.165, 1.54) is 16.9 Å². The van der Waals surface area contributed by atoms with Gasteiger partial charge < -0.3 is 9.80 Å². The number of amides is 2. The van der Waals surface area contributed by atoms with E-state index in [-0.39, 0.29) is 17.9 Å². The lowest BCUT2D eigenvalue weighted by molar-refractivity contribution is -0.137. The van der Waals surface area contributed by atoms with Gasteiger partial charge in [0.2, 0.25) is 5.91 Å². The molecule has 1 aliphatic rings. The van der Waals surface area contributed by atoms with Crippen molar-refractivity contribution in [3.63, 3.8) is 0 Å². The molecular weight excluding hydrogens is 430 g/mol. The zero-order chi connectivity index (χ0) is 23.0. The highest BCUT2D eigenvalue weighted by molar-refractivity contribution is 7.12. The zero-order valence-electron chi connectivity index (χ0n) is 19.1. The molecule has 0 saturated carbocycles. The molecule has 0 spiro atoms. The molecule has 1 aliphatic heterocycles. The van der Waals surface area contributed by atoms with Crippen LogP contribution in [0.25, 0.3) is 0 Å². The van der Waals surface area contributed by atoms with Gasteiger partial charge in [-0.25, -0.2) is 0 Å². The van der Waals surface area contributed by atoms with E-state index >= 15 is 0 Å². The fraction of sp³-hybridized carbons (Fsp3) is 0.333. The number of hydrogen-bond acceptors (Lipinski definition) is 4. The van der Waals surface area contributed by atoms with Gasteiger partial charge in [0, 0.05) is 39.3 Å². The summed E-state index contributed by atoms with van der Waals surface area (Å²) in [7, 11) is 0. The average Bonchev–Trinajstić information content (AvgIpc) is 3.42. The fourth-order valence-electron chi connectivity index (χ4n) is 4.27. The van der Waals surface area contributed by atoms with E-state index in [2.05, 4.69) is 29.2 Å². The summed E-state index contributed by atoms with van der Waals surface area (Å²) in [5, 5.41) is 1.93. The van der Waals surface area contributed by atoms with Crippen LogP contribution in [0.4, 0.5) is 0 Å². The smallest absolute Gasteiger partial charge is 0.264 e. The average molecular weight is 462 g/mol. The second-order valence-electron chi connectivity index (χ2n) is 8.46. The highest BCUT2D eigenvalue weighted by Gasteiger charge is 2.30. The molecule has 1 atom stereocenters. The largest absolute Gasteiger partial charge is 0.337 e. The van der Waals surface area contributed by atoms with Crippen LogP contribution in [0.1, 0.15) is 27.7 Å². The summed E-state index contributed by atoms with van der Waals surface area (Å²) in [5.74, 6) is 0.241. The Kier molecular flexibility index (Phi) is 7.92. The summed E-state index contributed by atoms with van der Waals surface area (Å²) in [6.45, 7) is 6.00. The zero-order valence-corrected chi connectivity index (χ0v) is 19.9. The van der Waals surface area contributed by atoms with Crippen LogP contribution in [0.2, 0.25) is 0 Å². The van der Waals surface area contributed by atoms with Crippen LogP contribution in [-0.4, -0.2) is 65.3 Å². The maximum absolute atomic E-state index is 13.6. The Bertz CT molecular complexity index is 1020. The van der Waals surface area contributed by atoms with Gasteiger partial charge >= 0.3 is 0 Å². The Morgan fingerprint density at radius 2 is 1.52 bits per heavy atom. The summed E-state index contributed by atoms with van der Waals surface area (Å²) in [6, 6.07) is 24.1. The Hall–Kier alpha value is -2.96. The Morgan fingerprint density at radius 1 is 0.879 bits per heavy atom. The molecule has 1 fully saturated rings. The minimum Gasteiger partial charge on any atom is -0.337 e. The van der Waals surface area contributed by atoms with Crippen molar-refractivity contribution < 1.29 is 9.59 Å². The summed E-state index contributed by atoms with van der Waals surface area (Å²) in [4.78, 5) is 33.1. The normalized spacial score (nSPS) is 15.2. The first kappa shape index (κ1) is 23.2. The van der Waals surface area contributed by atoms with Crippen molar-refractivity contribution in [2.75, 3.05) is 32.7 Å². The molecule has 0 aliphatic carbocycles. The first-order valence-corrected chi connectivity index (χ1v) is 12.4. The number of hydrogen-bond donors (Lipinski definition) is 0. The summed E-state index contributed by atoms with van der Waals surface area (Å²) < 4.78 is 0. The number of rotatable bonds is 8. The number of thiophene rings is 1. The van der Waals surface area contributed by atoms with E-state index in [0.29, 0.717) is 39.3 Å². The highest BCUT2D eigenvalue weighted by atomic mass is 32.1. The predicted molar refractivity (Wildman–Crippen MR) is 133 cm³/mol. The molecule has 2 amide bonds. The summed E-state index contributed by atoms with van der Waals surface area (Å²) >= 11 is 1.48. The molecule has 5 nitrogen and oxygen atoms in total. The third-order valence-electron chi connectivity index (χ3n) is 6.28. The van der Waals surface area contributed by atoms with Crippen molar-refractivity contribution >= 4 is 23.2 Å². The summed E-state index contributed by atoms with van der Waals surface area (Å²) in [5.41, 5.74) is 2.37. The van der Waals surface area contributed by atoms with E-state index in [0.717, 1.165) is 16.9 Å². The van der Waals surface area contributed by atoms with E-state index in [4.69, 9.17) is 0 Å². The quantitative estimate of drug-likeness (QED) is 0.506. The van der Waals surface area contributed by atoms with Crippen molar-refractivity contribution in [2.24, 2.45) is 0 Å². The number of nitrogens with zero attached hydrogens (tertiary/aromatic N) is 3. The molecule has 2 aromatic carbocycles. The molecule has 33 heavy (non-hydrogen) atoms. The van der Waals surface area contributed by atoms with E-state index in [9.17, 15) is 9.59 Å². The fourth-order valence-corrected chi connectivity index (χ4v) is 4.96. The minimum absolute atomic E-state index is 0.0946. The third-order valence-corrected chi connectivity index (χ3v) is 7.14. The lowest BCUT2D eigenvalue weighted by Crippen LogP contribution is -2.55. The van der Waals surface area contributed by atoms with Crippen LogP contribution in [-0.2, 0) is 17.8 Å². The number of benzene rings is 2. The second-order valence-corrected chi connectivity index (χ2v) is 9.41. The first-order chi connectivity index (χ1) is 16.1. The molecule has 6 heteroatoms. The Labute approximate surface area is 200 Å². The lowest BCUT2D eigenvalue weighted by atomic mass is 10.1. The van der Waals surface area contributed by atoms with Crippen LogP contribution in [0, 0.1) is 0 Å². The second kappa shape index (κ2) is 11.3. The highest BCUT2D eigenvalue weighted by Crippen LogP contribution is 2.17. The monoisotopic (exact) mass is 461 g/mol. The van der Waals surface area contributed by atoms with Crippen LogP contribution >= 0.6 is 11.3 Å². The molecule has 1 saturated heterocycles. The molecule has 4 rings (SSSR count). The van der Waals surface area contributed by atoms with Crippen molar-refractivity contribution in [1.29, 1.82) is 0 Å². The van der Waals surface area contributed by atoms with Crippen molar-refractivity contribution in [1.82, 2.24) is 14.7 Å². The number of carbonyl (C=O) groups is 2. The molecule has 172 valence electrons. The van der Waals surface area contributed by atoms with Crippen LogP contribution in [0.5, 0.6) is 0 Å². The molecule has 0 N–H and O–H groups in total. The van der Waals surface area contributed by atoms with Gasteiger partial charge in [-0.2, -0.15) is 0 Å². The molecule has 0 unspecified atom stereocenters. The van der Waals surface area contributed by atoms with Gasteiger partial charge in [0.1, 0.15) is 0 Å². The Balaban J connectivity index is 1.38. The van der Waals surface area contributed by atoms with Crippen LogP contribution in [0.15, 0.2) is 78.2 Å². The SMILES string of the molecule is C[C@H](C(=O)N(CCc1ccccc1)Cc1ccccc1)N1CCN(C(=O)c2cccs2)CC1. The summed E-state index contributed by atoms with van der Waals surface area (Å²) in [6.07, 6.45) is 0.829. The molecule has 3 aromatic rings. The van der Waals surface area contributed by atoms with Crippen molar-refractivity contribution in [3.8, 4) is 0 Å². The molecule has 2 heterocycles. The predicted octanol–water partition coefficient (Wildman–Crippen LogP) is 4.17. The third kappa shape index (κ3) is 6.09. The van der Waals surface area contributed by atoms with Crippen LogP contribution < -0.4 is 0 Å². The lowest BCUT2D eigenvalue weighted by Gasteiger charge is -2.39. The van der Waals surface area contributed by atoms with Gasteiger partial charge in [-0.15, -0.1) is 11.3 Å². The number of carbonyl (C=O) groups excluding carboxylic acids is 2. The van der Waals surface area contributed by atoms with Gasteiger partial charge in [0.25, 0.3) is 5.91 Å². The molecular formula is C27H31N3O2S. The van der Waals surface area contributed by atoms with Crippen molar-refractivity contribution in [3.05, 3.63) is 94.2 Å². The van der Waals surface area contributed by atoms with Gasteiger partial charge in [0.05, 0.1) is 10.9 Å². The molecule has 1 aromatic heterocycles. The molecule has 0 radical (unpaired) electrons. The minimum atomic E-state index is -0.219. The number of piperazine rings is 1. The standard InChI is InChI=1S/C27H31N3O2S/c1-22(28-16-18-29(19-17-28)27(32)25-13-8-20-33-25)26(31)30(21-24-11-6-3-7-12-24)15-14-23-9-4-2-5-10-23/h2-13,20,22H,14-19,21H2,1H3/t22-/m1/s1. The maximum Gasteiger partial charge on any atom is 0.264 e. The Morgan fingerprint density at radius 3 is 2.12 bits per heavy atom. The van der Waals surface area contributed by atoms with Crippen LogP contribution in [0.3, 0.4) is 0 Å². The van der Waals surface area contributed by atoms with Gasteiger partial charge in [0.15, 0.2) is 0 Å². The molecule has 0 bridgehead atoms. The topological polar surface area (TPSA) is 43.9 Å².